The Kier molecular flexibility index (Phi) is 8.32. The normalized spacial score (nSPS) is 15.9. The largest absolute Gasteiger partial charge is 0.416 e. The molecular weight excluding hydrogens is 606 g/mol. The van der Waals surface area contributed by atoms with Crippen LogP contribution in [0.1, 0.15) is 35.5 Å². The predicted octanol–water partition coefficient (Wildman–Crippen LogP) is 5.21. The van der Waals surface area contributed by atoms with Crippen LogP contribution in [0.25, 0.3) is 0 Å². The fraction of sp³-hybridized carbons (Fsp3) is 0.286. The summed E-state index contributed by atoms with van der Waals surface area (Å²) in [6.45, 7) is 1.81. The summed E-state index contributed by atoms with van der Waals surface area (Å²) in [7, 11) is 1.18. The van der Waals surface area contributed by atoms with E-state index in [1.54, 1.807) is 0 Å². The van der Waals surface area contributed by atoms with Crippen molar-refractivity contribution in [3.8, 4) is 0 Å². The zero-order valence-electron chi connectivity index (χ0n) is 23.1. The molecule has 1 aliphatic heterocycles. The molecule has 1 aromatic heterocycles. The van der Waals surface area contributed by atoms with E-state index < -0.39 is 76.6 Å². The third-order valence-corrected chi connectivity index (χ3v) is 6.73. The van der Waals surface area contributed by atoms with E-state index >= 15 is 0 Å². The number of pyridine rings is 1. The Bertz CT molecular complexity index is 1570. The highest BCUT2D eigenvalue weighted by molar-refractivity contribution is 6.05. The molecule has 234 valence electrons. The number of hydrogen-bond acceptors (Lipinski definition) is 5. The zero-order chi connectivity index (χ0) is 32.8. The second-order valence-electron chi connectivity index (χ2n) is 10.4. The van der Waals surface area contributed by atoms with Gasteiger partial charge in [0.25, 0.3) is 11.8 Å². The van der Waals surface area contributed by atoms with E-state index in [2.05, 4.69) is 15.6 Å². The first-order chi connectivity index (χ1) is 20.3. The minimum atomic E-state index is -5.19. The Hall–Kier alpha value is -4.76. The van der Waals surface area contributed by atoms with Crippen LogP contribution in [-0.4, -0.2) is 47.9 Å². The Morgan fingerprint density at radius 3 is 2.00 bits per heavy atom. The van der Waals surface area contributed by atoms with E-state index in [-0.39, 0.29) is 23.1 Å². The molecular formula is C28H23F8N5O3. The number of benzene rings is 2. The molecule has 0 saturated carbocycles. The number of halogens is 8. The lowest BCUT2D eigenvalue weighted by Crippen LogP contribution is -2.60. The maximum absolute atomic E-state index is 14.3. The van der Waals surface area contributed by atoms with E-state index in [1.165, 1.54) is 20.9 Å². The maximum Gasteiger partial charge on any atom is 0.416 e. The van der Waals surface area contributed by atoms with Gasteiger partial charge in [0, 0.05) is 12.7 Å². The number of carbonyl (C=O) groups is 3. The van der Waals surface area contributed by atoms with Crippen molar-refractivity contribution in [1.29, 1.82) is 0 Å². The van der Waals surface area contributed by atoms with E-state index in [0.717, 1.165) is 46.3 Å². The lowest BCUT2D eigenvalue weighted by molar-refractivity contribution is -0.143. The molecule has 4 rings (SSSR count). The fourth-order valence-corrected chi connectivity index (χ4v) is 4.40. The van der Waals surface area contributed by atoms with Gasteiger partial charge >= 0.3 is 12.4 Å². The van der Waals surface area contributed by atoms with E-state index in [1.807, 2.05) is 0 Å². The number of hydrogen-bond donors (Lipinski definition) is 2. The van der Waals surface area contributed by atoms with Crippen molar-refractivity contribution in [1.82, 2.24) is 15.6 Å². The molecule has 0 radical (unpaired) electrons. The molecule has 3 aromatic rings. The first kappa shape index (κ1) is 32.2. The van der Waals surface area contributed by atoms with Crippen LogP contribution in [0.15, 0.2) is 54.7 Å². The molecule has 2 heterocycles. The summed E-state index contributed by atoms with van der Waals surface area (Å²) in [4.78, 5) is 44.8. The molecule has 0 saturated heterocycles. The molecule has 2 aromatic carbocycles. The van der Waals surface area contributed by atoms with Crippen molar-refractivity contribution in [2.75, 3.05) is 23.4 Å². The highest BCUT2D eigenvalue weighted by atomic mass is 19.4. The molecule has 0 bridgehead atoms. The zero-order valence-corrected chi connectivity index (χ0v) is 23.1. The van der Waals surface area contributed by atoms with Gasteiger partial charge in [0.05, 0.1) is 35.2 Å². The average molecular weight is 630 g/mol. The van der Waals surface area contributed by atoms with Crippen molar-refractivity contribution in [2.24, 2.45) is 0 Å². The highest BCUT2D eigenvalue weighted by Crippen LogP contribution is 2.43. The first-order valence-electron chi connectivity index (χ1n) is 12.7. The van der Waals surface area contributed by atoms with Crippen LogP contribution in [0.3, 0.4) is 0 Å². The van der Waals surface area contributed by atoms with Crippen molar-refractivity contribution < 1.29 is 49.5 Å². The molecule has 1 atom stereocenters. The number of aromatic nitrogens is 1. The molecule has 0 aliphatic carbocycles. The van der Waals surface area contributed by atoms with Crippen molar-refractivity contribution >= 4 is 34.8 Å². The quantitative estimate of drug-likeness (QED) is 0.379. The molecule has 2 N–H and O–H groups in total. The monoisotopic (exact) mass is 629 g/mol. The summed E-state index contributed by atoms with van der Waals surface area (Å²) in [5, 5.41) is 4.74. The number of nitrogens with zero attached hydrogens (tertiary/aromatic N) is 3. The minimum Gasteiger partial charge on any atom is -0.341 e. The molecule has 0 unspecified atom stereocenters. The Balaban J connectivity index is 1.74. The topological polar surface area (TPSA) is 94.6 Å². The number of alkyl halides is 6. The number of nitrogens with one attached hydrogen (secondary N) is 2. The van der Waals surface area contributed by atoms with Crippen LogP contribution >= 0.6 is 0 Å². The number of likely N-dealkylation sites (N-methyl/N-ethyl adjacent to an activating group) is 1. The van der Waals surface area contributed by atoms with Crippen LogP contribution < -0.4 is 20.4 Å². The van der Waals surface area contributed by atoms with Crippen LogP contribution in [0.4, 0.5) is 52.2 Å². The van der Waals surface area contributed by atoms with Crippen molar-refractivity contribution in [3.05, 3.63) is 83.2 Å². The van der Waals surface area contributed by atoms with E-state index in [0.29, 0.717) is 12.1 Å². The lowest BCUT2D eigenvalue weighted by Gasteiger charge is -2.31. The molecule has 0 spiro atoms. The van der Waals surface area contributed by atoms with Gasteiger partial charge in [-0.15, -0.1) is 0 Å². The maximum atomic E-state index is 14.3. The van der Waals surface area contributed by atoms with Gasteiger partial charge in [-0.3, -0.25) is 14.4 Å². The average Bonchev–Trinajstić information content (AvgIpc) is 3.02. The Morgan fingerprint density at radius 1 is 0.864 bits per heavy atom. The predicted molar refractivity (Wildman–Crippen MR) is 141 cm³/mol. The summed E-state index contributed by atoms with van der Waals surface area (Å²) in [6.07, 6.45) is -9.60. The first-order valence-corrected chi connectivity index (χ1v) is 12.7. The number of rotatable bonds is 5. The smallest absolute Gasteiger partial charge is 0.341 e. The molecule has 8 nitrogen and oxygen atoms in total. The summed E-state index contributed by atoms with van der Waals surface area (Å²) in [6, 6.07) is 4.06. The molecule has 44 heavy (non-hydrogen) atoms. The third kappa shape index (κ3) is 6.73. The van der Waals surface area contributed by atoms with Crippen molar-refractivity contribution in [2.45, 2.75) is 37.8 Å². The van der Waals surface area contributed by atoms with Crippen LogP contribution in [0, 0.1) is 11.6 Å². The highest BCUT2D eigenvalue weighted by Gasteiger charge is 2.41. The minimum absolute atomic E-state index is 0.0649. The summed E-state index contributed by atoms with van der Waals surface area (Å²) in [5.74, 6) is -4.33. The van der Waals surface area contributed by atoms with Gasteiger partial charge in [-0.2, -0.15) is 26.3 Å². The van der Waals surface area contributed by atoms with Crippen LogP contribution in [0.5, 0.6) is 0 Å². The van der Waals surface area contributed by atoms with Crippen LogP contribution in [0.2, 0.25) is 0 Å². The van der Waals surface area contributed by atoms with Gasteiger partial charge in [0.15, 0.2) is 0 Å². The van der Waals surface area contributed by atoms with Gasteiger partial charge < -0.3 is 20.4 Å². The molecule has 0 fully saturated rings. The number of fused-ring (bicyclic) bond motifs is 1. The van der Waals surface area contributed by atoms with Gasteiger partial charge in [0.2, 0.25) is 5.91 Å². The number of anilines is 3. The van der Waals surface area contributed by atoms with Gasteiger partial charge in [-0.05, 0) is 62.4 Å². The standard InChI is InChI=1S/C28H23F8N5O3/c1-26(2,39-23(42)19-6-4-17(30)12-37-19)25(44)38-20-13-41(21-7-5-16(29)11-22(21)40(3)24(20)43)18-9-14(27(31,32)33)8-15(10-18)28(34,35)36/h4-12,20H,13H2,1-3H3,(H,38,44)(H,39,42)/t20-/m1/s1. The second-order valence-corrected chi connectivity index (χ2v) is 10.4. The van der Waals surface area contributed by atoms with Crippen LogP contribution in [-0.2, 0) is 21.9 Å². The SMILES string of the molecule is CN1C(=O)[C@H](NC(=O)C(C)(C)NC(=O)c2ccc(F)cn2)CN(c2cc(C(F)(F)F)cc(C(F)(F)F)c2)c2ccc(F)cc21. The Labute approximate surface area is 244 Å². The number of amides is 3. The summed E-state index contributed by atoms with van der Waals surface area (Å²) < 4.78 is 109. The second kappa shape index (κ2) is 11.4. The number of carbonyl (C=O) groups excluding carboxylic acids is 3. The van der Waals surface area contributed by atoms with E-state index in [4.69, 9.17) is 0 Å². The summed E-state index contributed by atoms with van der Waals surface area (Å²) >= 11 is 0. The molecule has 1 aliphatic rings. The van der Waals surface area contributed by atoms with Crippen molar-refractivity contribution in [3.63, 3.8) is 0 Å². The Morgan fingerprint density at radius 2 is 1.45 bits per heavy atom. The molecule has 16 heteroatoms. The third-order valence-electron chi connectivity index (χ3n) is 6.73. The summed E-state index contributed by atoms with van der Waals surface area (Å²) in [5.41, 5.74) is -6.23. The fourth-order valence-electron chi connectivity index (χ4n) is 4.40. The van der Waals surface area contributed by atoms with Gasteiger partial charge in [-0.1, -0.05) is 0 Å². The van der Waals surface area contributed by atoms with Gasteiger partial charge in [-0.25, -0.2) is 13.8 Å². The van der Waals surface area contributed by atoms with E-state index in [9.17, 15) is 49.5 Å². The van der Waals surface area contributed by atoms with Gasteiger partial charge in [0.1, 0.15) is 28.9 Å². The molecule has 3 amide bonds. The lowest BCUT2D eigenvalue weighted by atomic mass is 10.0.